The lowest BCUT2D eigenvalue weighted by Gasteiger charge is -2.34. The van der Waals surface area contributed by atoms with Crippen molar-refractivity contribution < 1.29 is 14.6 Å². The number of anilines is 1. The van der Waals surface area contributed by atoms with Crippen molar-refractivity contribution in [2.45, 2.75) is 6.04 Å². The minimum atomic E-state index is -1.06. The Kier molecular flexibility index (Phi) is 3.20. The first-order chi connectivity index (χ1) is 9.66. The maximum absolute atomic E-state index is 11.6. The van der Waals surface area contributed by atoms with E-state index < -0.39 is 12.1 Å². The molecule has 0 saturated carbocycles. The van der Waals surface area contributed by atoms with E-state index in [1.807, 2.05) is 30.3 Å². The number of rotatable bonds is 1. The lowest BCUT2D eigenvalue weighted by molar-refractivity contribution is 0.186. The number of aromatic nitrogens is 1. The van der Waals surface area contributed by atoms with E-state index in [0.29, 0.717) is 10.7 Å². The quantitative estimate of drug-likeness (QED) is 0.875. The topological polar surface area (TPSA) is 62.7 Å². The molecule has 102 valence electrons. The molecule has 1 aliphatic rings. The highest BCUT2D eigenvalue weighted by Crippen LogP contribution is 2.39. The number of nitrogens with zero attached hydrogens (tertiary/aromatic N) is 2. The van der Waals surface area contributed by atoms with Gasteiger partial charge >= 0.3 is 6.09 Å². The number of carboxylic acid groups (broad SMARTS) is 1. The van der Waals surface area contributed by atoms with Gasteiger partial charge in [-0.1, -0.05) is 41.9 Å². The van der Waals surface area contributed by atoms with Gasteiger partial charge in [-0.25, -0.2) is 9.78 Å². The van der Waals surface area contributed by atoms with Gasteiger partial charge in [-0.05, 0) is 11.6 Å². The van der Waals surface area contributed by atoms with Gasteiger partial charge in [-0.15, -0.1) is 0 Å². The number of amides is 1. The van der Waals surface area contributed by atoms with Crippen LogP contribution in [0.15, 0.2) is 42.6 Å². The van der Waals surface area contributed by atoms with Crippen LogP contribution in [0.25, 0.3) is 0 Å². The third kappa shape index (κ3) is 2.16. The summed E-state index contributed by atoms with van der Waals surface area (Å²) in [6.07, 6.45) is 0.371. The Balaban J connectivity index is 2.08. The summed E-state index contributed by atoms with van der Waals surface area (Å²) in [5, 5.41) is 9.88. The molecular formula is C14H11ClN2O3. The third-order valence-electron chi connectivity index (χ3n) is 3.14. The van der Waals surface area contributed by atoms with Gasteiger partial charge in [0.15, 0.2) is 0 Å². The van der Waals surface area contributed by atoms with Crippen LogP contribution in [0.3, 0.4) is 0 Å². The molecule has 0 spiro atoms. The van der Waals surface area contributed by atoms with Gasteiger partial charge in [0.1, 0.15) is 12.3 Å². The molecule has 2 heterocycles. The Bertz CT molecular complexity index is 648. The molecule has 1 aromatic heterocycles. The van der Waals surface area contributed by atoms with Crippen LogP contribution in [0.4, 0.5) is 10.5 Å². The Morgan fingerprint density at radius 3 is 2.85 bits per heavy atom. The smallest absolute Gasteiger partial charge is 0.412 e. The molecule has 1 atom stereocenters. The molecule has 1 aromatic carbocycles. The standard InChI is InChI=1S/C14H11ClN2O3/c15-10-6-11-13(16-7-10)20-8-12(17(11)14(18)19)9-4-2-1-3-5-9/h1-7,12H,8H2,(H,18,19)/t12-/m1/s1. The Morgan fingerprint density at radius 2 is 2.15 bits per heavy atom. The fraction of sp³-hybridized carbons (Fsp3) is 0.143. The van der Waals surface area contributed by atoms with Crippen LogP contribution in [0.1, 0.15) is 11.6 Å². The van der Waals surface area contributed by atoms with Gasteiger partial charge in [0, 0.05) is 6.20 Å². The third-order valence-corrected chi connectivity index (χ3v) is 3.35. The number of benzene rings is 1. The summed E-state index contributed by atoms with van der Waals surface area (Å²) in [6, 6.07) is 10.5. The molecule has 0 aliphatic carbocycles. The van der Waals surface area contributed by atoms with Crippen molar-refractivity contribution in [2.24, 2.45) is 0 Å². The largest absolute Gasteiger partial charge is 0.474 e. The monoisotopic (exact) mass is 290 g/mol. The van der Waals surface area contributed by atoms with Crippen molar-refractivity contribution in [3.05, 3.63) is 53.2 Å². The number of hydrogen-bond acceptors (Lipinski definition) is 3. The maximum Gasteiger partial charge on any atom is 0.412 e. The number of hydrogen-bond donors (Lipinski definition) is 1. The lowest BCUT2D eigenvalue weighted by Crippen LogP contribution is -2.40. The highest BCUT2D eigenvalue weighted by Gasteiger charge is 2.34. The summed E-state index contributed by atoms with van der Waals surface area (Å²) < 4.78 is 5.55. The van der Waals surface area contributed by atoms with Crippen LogP contribution in [0.5, 0.6) is 5.88 Å². The van der Waals surface area contributed by atoms with Crippen LogP contribution >= 0.6 is 11.6 Å². The summed E-state index contributed by atoms with van der Waals surface area (Å²) in [6.45, 7) is 0.220. The molecule has 3 rings (SSSR count). The van der Waals surface area contributed by atoms with E-state index in [2.05, 4.69) is 4.98 Å². The molecule has 2 aromatic rings. The van der Waals surface area contributed by atoms with E-state index in [-0.39, 0.29) is 12.5 Å². The molecule has 0 saturated heterocycles. The molecule has 5 nitrogen and oxygen atoms in total. The number of fused-ring (bicyclic) bond motifs is 1. The lowest BCUT2D eigenvalue weighted by atomic mass is 10.0. The molecule has 1 amide bonds. The minimum Gasteiger partial charge on any atom is -0.474 e. The fourth-order valence-corrected chi connectivity index (χ4v) is 2.41. The van der Waals surface area contributed by atoms with Crippen molar-refractivity contribution in [1.82, 2.24) is 4.98 Å². The molecule has 1 aliphatic heterocycles. The first-order valence-corrected chi connectivity index (χ1v) is 6.40. The predicted molar refractivity (Wildman–Crippen MR) is 74.4 cm³/mol. The van der Waals surface area contributed by atoms with Gasteiger partial charge in [-0.3, -0.25) is 4.90 Å². The van der Waals surface area contributed by atoms with Crippen LogP contribution in [-0.2, 0) is 0 Å². The van der Waals surface area contributed by atoms with Gasteiger partial charge in [0.05, 0.1) is 11.1 Å². The Labute approximate surface area is 120 Å². The summed E-state index contributed by atoms with van der Waals surface area (Å²) >= 11 is 5.90. The van der Waals surface area contributed by atoms with Gasteiger partial charge in [0.25, 0.3) is 0 Å². The molecular weight excluding hydrogens is 280 g/mol. The second-order valence-electron chi connectivity index (χ2n) is 4.37. The number of ether oxygens (including phenoxy) is 1. The Hall–Kier alpha value is -2.27. The molecule has 6 heteroatoms. The zero-order valence-electron chi connectivity index (χ0n) is 10.4. The molecule has 20 heavy (non-hydrogen) atoms. The second kappa shape index (κ2) is 5.02. The summed E-state index contributed by atoms with van der Waals surface area (Å²) in [7, 11) is 0. The average molecular weight is 291 g/mol. The maximum atomic E-state index is 11.6. The summed E-state index contributed by atoms with van der Waals surface area (Å²) in [4.78, 5) is 16.9. The highest BCUT2D eigenvalue weighted by atomic mass is 35.5. The number of pyridine rings is 1. The molecule has 1 N–H and O–H groups in total. The van der Waals surface area contributed by atoms with Crippen LogP contribution in [-0.4, -0.2) is 22.8 Å². The molecule has 0 unspecified atom stereocenters. The van der Waals surface area contributed by atoms with Crippen molar-refractivity contribution >= 4 is 23.4 Å². The highest BCUT2D eigenvalue weighted by molar-refractivity contribution is 6.30. The molecule has 0 fully saturated rings. The van der Waals surface area contributed by atoms with Crippen molar-refractivity contribution in [2.75, 3.05) is 11.5 Å². The van der Waals surface area contributed by atoms with Crippen LogP contribution < -0.4 is 9.64 Å². The van der Waals surface area contributed by atoms with E-state index >= 15 is 0 Å². The normalized spacial score (nSPS) is 17.2. The second-order valence-corrected chi connectivity index (χ2v) is 4.80. The van der Waals surface area contributed by atoms with E-state index in [1.165, 1.54) is 11.1 Å². The summed E-state index contributed by atoms with van der Waals surface area (Å²) in [5.41, 5.74) is 1.23. The van der Waals surface area contributed by atoms with E-state index in [0.717, 1.165) is 5.56 Å². The molecule has 0 bridgehead atoms. The van der Waals surface area contributed by atoms with Crippen molar-refractivity contribution in [1.29, 1.82) is 0 Å². The van der Waals surface area contributed by atoms with Crippen molar-refractivity contribution in [3.8, 4) is 5.88 Å². The summed E-state index contributed by atoms with van der Waals surface area (Å²) in [5.74, 6) is 0.281. The zero-order chi connectivity index (χ0) is 14.1. The fourth-order valence-electron chi connectivity index (χ4n) is 2.26. The van der Waals surface area contributed by atoms with Crippen molar-refractivity contribution in [3.63, 3.8) is 0 Å². The number of halogens is 1. The van der Waals surface area contributed by atoms with Gasteiger partial charge in [0.2, 0.25) is 5.88 Å². The number of carbonyl (C=O) groups is 1. The first kappa shape index (κ1) is 12.7. The van der Waals surface area contributed by atoms with E-state index in [1.54, 1.807) is 6.07 Å². The van der Waals surface area contributed by atoms with Gasteiger partial charge < -0.3 is 9.84 Å². The predicted octanol–water partition coefficient (Wildman–Crippen LogP) is 3.35. The average Bonchev–Trinajstić information content (AvgIpc) is 2.46. The SMILES string of the molecule is O=C(O)N1c2cc(Cl)cnc2OC[C@@H]1c1ccccc1. The van der Waals surface area contributed by atoms with E-state index in [9.17, 15) is 9.90 Å². The van der Waals surface area contributed by atoms with Gasteiger partial charge in [-0.2, -0.15) is 0 Å². The molecule has 0 radical (unpaired) electrons. The van der Waals surface area contributed by atoms with E-state index in [4.69, 9.17) is 16.3 Å². The Morgan fingerprint density at radius 1 is 1.40 bits per heavy atom. The van der Waals surface area contributed by atoms with Crippen LogP contribution in [0, 0.1) is 0 Å². The first-order valence-electron chi connectivity index (χ1n) is 6.02. The van der Waals surface area contributed by atoms with Crippen LogP contribution in [0.2, 0.25) is 5.02 Å². The minimum absolute atomic E-state index is 0.220. The zero-order valence-corrected chi connectivity index (χ0v) is 11.1.